The van der Waals surface area contributed by atoms with Crippen LogP contribution in [-0.4, -0.2) is 77.6 Å². The molecule has 1 aromatic carbocycles. The Morgan fingerprint density at radius 1 is 1.11 bits per heavy atom. The van der Waals surface area contributed by atoms with Crippen molar-refractivity contribution in [2.45, 2.75) is 24.9 Å². The van der Waals surface area contributed by atoms with Gasteiger partial charge in [0.1, 0.15) is 11.6 Å². The Kier molecular flexibility index (Phi) is 7.39. The fourth-order valence-electron chi connectivity index (χ4n) is 4.01. The molecule has 1 fully saturated rings. The number of anilines is 1. The number of fused-ring (bicyclic) bond motifs is 1. The van der Waals surface area contributed by atoms with Gasteiger partial charge in [-0.15, -0.1) is 15.3 Å². The molecule has 188 valence electrons. The number of nitrogens with zero attached hydrogens (tertiary/aromatic N) is 6. The van der Waals surface area contributed by atoms with Gasteiger partial charge in [0, 0.05) is 33.8 Å². The molecule has 0 aliphatic carbocycles. The van der Waals surface area contributed by atoms with Crippen LogP contribution in [0.3, 0.4) is 0 Å². The molecule has 1 saturated heterocycles. The quantitative estimate of drug-likeness (QED) is 0.478. The molecule has 0 N–H and O–H groups in total. The predicted molar refractivity (Wildman–Crippen MR) is 121 cm³/mol. The summed E-state index contributed by atoms with van der Waals surface area (Å²) in [4.78, 5) is 15.6. The average molecular weight is 493 g/mol. The van der Waals surface area contributed by atoms with E-state index in [4.69, 9.17) is 9.47 Å². The van der Waals surface area contributed by atoms with Crippen LogP contribution < -0.4 is 9.64 Å². The molecular formula is C23H27F3N6O3. The molecular weight excluding hydrogens is 465 g/mol. The van der Waals surface area contributed by atoms with E-state index in [-0.39, 0.29) is 18.2 Å². The highest BCUT2D eigenvalue weighted by atomic mass is 19.4. The summed E-state index contributed by atoms with van der Waals surface area (Å²) in [5, 5.41) is 10.9. The first kappa shape index (κ1) is 24.7. The number of likely N-dealkylation sites (N-methyl/N-ethyl adjacent to an activating group) is 1. The number of carbonyl (C=O) groups excluding carboxylic acids is 1. The van der Waals surface area contributed by atoms with Crippen molar-refractivity contribution in [3.63, 3.8) is 0 Å². The Bertz CT molecular complexity index is 1140. The largest absolute Gasteiger partial charge is 0.484 e. The molecule has 35 heavy (non-hydrogen) atoms. The van der Waals surface area contributed by atoms with Crippen LogP contribution in [0.4, 0.5) is 19.0 Å². The van der Waals surface area contributed by atoms with E-state index in [1.807, 2.05) is 29.2 Å². The number of halogens is 3. The van der Waals surface area contributed by atoms with Gasteiger partial charge in [0.25, 0.3) is 11.7 Å². The summed E-state index contributed by atoms with van der Waals surface area (Å²) in [6, 6.07) is 10.9. The molecule has 0 radical (unpaired) electrons. The fourth-order valence-corrected chi connectivity index (χ4v) is 4.01. The maximum absolute atomic E-state index is 13.2. The fraction of sp³-hybridized carbons (Fsp3) is 0.478. The van der Waals surface area contributed by atoms with E-state index in [0.29, 0.717) is 43.7 Å². The second-order valence-corrected chi connectivity index (χ2v) is 8.41. The van der Waals surface area contributed by atoms with Gasteiger partial charge in [0.2, 0.25) is 0 Å². The zero-order chi connectivity index (χ0) is 25.0. The molecule has 0 saturated carbocycles. The Hall–Kier alpha value is -3.41. The molecule has 0 bridgehead atoms. The third-order valence-electron chi connectivity index (χ3n) is 6.09. The summed E-state index contributed by atoms with van der Waals surface area (Å²) >= 11 is 0. The molecule has 1 aliphatic heterocycles. The molecule has 1 aliphatic rings. The molecule has 9 nitrogen and oxygen atoms in total. The molecule has 1 amide bonds. The number of carbonyl (C=O) groups is 1. The molecule has 2 aromatic heterocycles. The first-order valence-electron chi connectivity index (χ1n) is 11.3. The lowest BCUT2D eigenvalue weighted by atomic mass is 9.89. The first-order chi connectivity index (χ1) is 16.8. The molecule has 3 heterocycles. The van der Waals surface area contributed by atoms with Crippen LogP contribution in [0, 0.1) is 0 Å². The van der Waals surface area contributed by atoms with Gasteiger partial charge < -0.3 is 19.3 Å². The smallest absolute Gasteiger partial charge is 0.453 e. The van der Waals surface area contributed by atoms with Crippen molar-refractivity contribution in [2.24, 2.45) is 0 Å². The number of ether oxygens (including phenoxy) is 2. The third-order valence-corrected chi connectivity index (χ3v) is 6.09. The highest BCUT2D eigenvalue weighted by molar-refractivity contribution is 5.77. The highest BCUT2D eigenvalue weighted by Crippen LogP contribution is 2.32. The average Bonchev–Trinajstić information content (AvgIpc) is 3.30. The van der Waals surface area contributed by atoms with Gasteiger partial charge >= 0.3 is 6.18 Å². The van der Waals surface area contributed by atoms with Crippen molar-refractivity contribution in [1.29, 1.82) is 0 Å². The topological polar surface area (TPSA) is 85.1 Å². The van der Waals surface area contributed by atoms with E-state index in [2.05, 4.69) is 15.3 Å². The molecule has 0 atom stereocenters. The molecule has 3 aromatic rings. The molecule has 12 heteroatoms. The maximum Gasteiger partial charge on any atom is 0.453 e. The van der Waals surface area contributed by atoms with Crippen LogP contribution in [-0.2, 0) is 15.7 Å². The van der Waals surface area contributed by atoms with Crippen LogP contribution >= 0.6 is 0 Å². The van der Waals surface area contributed by atoms with Gasteiger partial charge in [-0.2, -0.15) is 17.7 Å². The van der Waals surface area contributed by atoms with Gasteiger partial charge in [-0.25, -0.2) is 0 Å². The normalized spacial score (nSPS) is 14.9. The van der Waals surface area contributed by atoms with Crippen molar-refractivity contribution in [3.05, 3.63) is 47.8 Å². The molecule has 4 rings (SSSR count). The lowest BCUT2D eigenvalue weighted by Crippen LogP contribution is -2.34. The first-order valence-corrected chi connectivity index (χ1v) is 11.3. The monoisotopic (exact) mass is 492 g/mol. The number of methoxy groups -OCH3 is 1. The summed E-state index contributed by atoms with van der Waals surface area (Å²) in [5.74, 6) is 0.136. The van der Waals surface area contributed by atoms with Crippen molar-refractivity contribution < 1.29 is 27.4 Å². The van der Waals surface area contributed by atoms with Crippen molar-refractivity contribution in [3.8, 4) is 5.75 Å². The number of rotatable bonds is 8. The lowest BCUT2D eigenvalue weighted by Gasteiger charge is -2.33. The van der Waals surface area contributed by atoms with Gasteiger partial charge in [-0.3, -0.25) is 4.79 Å². The third kappa shape index (κ3) is 5.81. The predicted octanol–water partition coefficient (Wildman–Crippen LogP) is 3.01. The van der Waals surface area contributed by atoms with Crippen molar-refractivity contribution >= 4 is 17.4 Å². The summed E-state index contributed by atoms with van der Waals surface area (Å²) < 4.78 is 50.8. The second kappa shape index (κ2) is 10.5. The van der Waals surface area contributed by atoms with Gasteiger partial charge in [0.15, 0.2) is 12.3 Å². The van der Waals surface area contributed by atoms with Crippen LogP contribution in [0.1, 0.15) is 30.1 Å². The van der Waals surface area contributed by atoms with Crippen LogP contribution in [0.2, 0.25) is 0 Å². The van der Waals surface area contributed by atoms with Crippen LogP contribution in [0.15, 0.2) is 36.4 Å². The highest BCUT2D eigenvalue weighted by Gasteiger charge is 2.38. The van der Waals surface area contributed by atoms with E-state index in [1.165, 1.54) is 6.07 Å². The minimum atomic E-state index is -4.62. The lowest BCUT2D eigenvalue weighted by molar-refractivity contribution is -0.146. The number of benzene rings is 1. The van der Waals surface area contributed by atoms with Gasteiger partial charge in [-0.05, 0) is 48.6 Å². The van der Waals surface area contributed by atoms with Crippen molar-refractivity contribution in [1.82, 2.24) is 24.7 Å². The van der Waals surface area contributed by atoms with Crippen LogP contribution in [0.25, 0.3) is 5.65 Å². The number of hydrogen-bond acceptors (Lipinski definition) is 7. The summed E-state index contributed by atoms with van der Waals surface area (Å²) in [5.41, 5.74) is 1.21. The Labute approximate surface area is 200 Å². The van der Waals surface area contributed by atoms with Crippen molar-refractivity contribution in [2.75, 3.05) is 51.9 Å². The number of alkyl halides is 3. The zero-order valence-electron chi connectivity index (χ0n) is 19.5. The SMILES string of the molecule is COCCN(C)C(=O)COc1ccc(C2CCN(c3ccc4nnc(C(F)(F)F)n4n3)CC2)cc1. The van der Waals surface area contributed by atoms with E-state index < -0.39 is 12.0 Å². The zero-order valence-corrected chi connectivity index (χ0v) is 19.5. The Morgan fingerprint density at radius 2 is 1.83 bits per heavy atom. The standard InChI is InChI=1S/C23H27F3N6O3/c1-30(13-14-34-2)21(33)15-35-18-5-3-16(4-6-18)17-9-11-31(12-10-17)20-8-7-19-27-28-22(23(24,25)26)32(19)29-20/h3-8,17H,9-15H2,1-2H3. The van der Waals surface area contributed by atoms with E-state index in [0.717, 1.165) is 22.9 Å². The number of amides is 1. The minimum Gasteiger partial charge on any atom is -0.484 e. The Balaban J connectivity index is 1.32. The van der Waals surface area contributed by atoms with E-state index in [9.17, 15) is 18.0 Å². The summed E-state index contributed by atoms with van der Waals surface area (Å²) in [6.45, 7) is 2.25. The Morgan fingerprint density at radius 3 is 2.49 bits per heavy atom. The summed E-state index contributed by atoms with van der Waals surface area (Å²) in [7, 11) is 3.29. The molecule has 0 unspecified atom stereocenters. The van der Waals surface area contributed by atoms with Crippen LogP contribution in [0.5, 0.6) is 5.75 Å². The van der Waals surface area contributed by atoms with E-state index in [1.54, 1.807) is 25.1 Å². The number of hydrogen-bond donors (Lipinski definition) is 0. The maximum atomic E-state index is 13.2. The van der Waals surface area contributed by atoms with E-state index >= 15 is 0 Å². The second-order valence-electron chi connectivity index (χ2n) is 8.41. The minimum absolute atomic E-state index is 0.0439. The van der Waals surface area contributed by atoms with Gasteiger partial charge in [0.05, 0.1) is 6.61 Å². The number of aromatic nitrogens is 4. The number of piperidine rings is 1. The van der Waals surface area contributed by atoms with Gasteiger partial charge in [-0.1, -0.05) is 12.1 Å². The molecule has 0 spiro atoms. The summed E-state index contributed by atoms with van der Waals surface area (Å²) in [6.07, 6.45) is -2.96.